The lowest BCUT2D eigenvalue weighted by Gasteiger charge is -2.10. The lowest BCUT2D eigenvalue weighted by molar-refractivity contribution is 0.364. The van der Waals surface area contributed by atoms with Gasteiger partial charge in [0.05, 0.1) is 13.7 Å². The van der Waals surface area contributed by atoms with Crippen molar-refractivity contribution in [2.45, 2.75) is 26.4 Å². The lowest BCUT2D eigenvalue weighted by atomic mass is 10.2. The Hall–Kier alpha value is -2.54. The van der Waals surface area contributed by atoms with E-state index in [1.54, 1.807) is 23.7 Å². The molecule has 0 unspecified atom stereocenters. The number of aryl methyl sites for hydroxylation is 1. The van der Waals surface area contributed by atoms with Gasteiger partial charge in [0, 0.05) is 18.6 Å². The van der Waals surface area contributed by atoms with Crippen molar-refractivity contribution in [2.75, 3.05) is 7.11 Å². The molecule has 0 atom stereocenters. The van der Waals surface area contributed by atoms with Crippen molar-refractivity contribution >= 4 is 22.8 Å². The first kappa shape index (κ1) is 17.3. The van der Waals surface area contributed by atoms with Gasteiger partial charge >= 0.3 is 5.69 Å². The summed E-state index contributed by atoms with van der Waals surface area (Å²) in [6.45, 7) is 2.66. The molecule has 8 heteroatoms. The van der Waals surface area contributed by atoms with Gasteiger partial charge in [0.15, 0.2) is 11.2 Å². The summed E-state index contributed by atoms with van der Waals surface area (Å²) in [5.41, 5.74) is 0.871. The Kier molecular flexibility index (Phi) is 4.67. The summed E-state index contributed by atoms with van der Waals surface area (Å²) in [7, 11) is 3.09. The molecule has 0 spiro atoms. The normalized spacial score (nSPS) is 11.2. The monoisotopic (exact) mass is 362 g/mol. The second-order valence-corrected chi connectivity index (χ2v) is 6.22. The molecule has 0 N–H and O–H groups in total. The summed E-state index contributed by atoms with van der Waals surface area (Å²) >= 11 is 5.93. The minimum atomic E-state index is -0.377. The van der Waals surface area contributed by atoms with Crippen LogP contribution in [0.3, 0.4) is 0 Å². The number of hydrogen-bond donors (Lipinski definition) is 0. The summed E-state index contributed by atoms with van der Waals surface area (Å²) in [4.78, 5) is 29.6. The van der Waals surface area contributed by atoms with Gasteiger partial charge in [-0.25, -0.2) is 4.79 Å². The van der Waals surface area contributed by atoms with Crippen LogP contribution in [0.4, 0.5) is 0 Å². The second kappa shape index (κ2) is 6.76. The largest absolute Gasteiger partial charge is 0.468 e. The molecular weight excluding hydrogens is 344 g/mol. The van der Waals surface area contributed by atoms with E-state index in [-0.39, 0.29) is 17.3 Å². The number of rotatable bonds is 5. The molecule has 7 nitrogen and oxygen atoms in total. The highest BCUT2D eigenvalue weighted by molar-refractivity contribution is 6.30. The number of benzene rings is 1. The van der Waals surface area contributed by atoms with Crippen molar-refractivity contribution in [3.05, 3.63) is 55.7 Å². The quantitative estimate of drug-likeness (QED) is 0.696. The number of methoxy groups -OCH3 is 1. The number of imidazole rings is 1. The van der Waals surface area contributed by atoms with Crippen molar-refractivity contribution in [1.29, 1.82) is 0 Å². The highest BCUT2D eigenvalue weighted by atomic mass is 35.5. The van der Waals surface area contributed by atoms with Crippen LogP contribution in [0.15, 0.2) is 33.9 Å². The van der Waals surface area contributed by atoms with Crippen molar-refractivity contribution in [1.82, 2.24) is 18.7 Å². The number of aromatic nitrogens is 4. The van der Waals surface area contributed by atoms with Crippen LogP contribution in [0, 0.1) is 0 Å². The zero-order valence-corrected chi connectivity index (χ0v) is 15.1. The van der Waals surface area contributed by atoms with Crippen LogP contribution in [0.1, 0.15) is 18.9 Å². The summed E-state index contributed by atoms with van der Waals surface area (Å²) in [5.74, 6) is 0. The minimum Gasteiger partial charge on any atom is -0.468 e. The van der Waals surface area contributed by atoms with Crippen LogP contribution in [0.5, 0.6) is 6.01 Å². The lowest BCUT2D eigenvalue weighted by Crippen LogP contribution is -2.39. The molecule has 3 aromatic rings. The van der Waals surface area contributed by atoms with Crippen molar-refractivity contribution in [3.8, 4) is 6.01 Å². The molecule has 25 heavy (non-hydrogen) atoms. The van der Waals surface area contributed by atoms with Crippen molar-refractivity contribution < 1.29 is 4.74 Å². The third-order valence-electron chi connectivity index (χ3n) is 4.08. The zero-order chi connectivity index (χ0) is 18.1. The van der Waals surface area contributed by atoms with E-state index in [1.807, 2.05) is 19.1 Å². The topological polar surface area (TPSA) is 71.1 Å². The SMILES string of the molecule is CCCn1c(=O)c2c(nc(OC)n2Cc2ccc(Cl)cc2)n(C)c1=O. The summed E-state index contributed by atoms with van der Waals surface area (Å²) in [6.07, 6.45) is 0.684. The Balaban J connectivity index is 2.28. The van der Waals surface area contributed by atoms with Gasteiger partial charge in [-0.05, 0) is 24.1 Å². The first-order valence-corrected chi connectivity index (χ1v) is 8.34. The molecule has 0 aliphatic rings. The maximum Gasteiger partial charge on any atom is 0.332 e. The van der Waals surface area contributed by atoms with Crippen LogP contribution in [0.25, 0.3) is 11.2 Å². The molecule has 132 valence electrons. The molecule has 0 fully saturated rings. The fraction of sp³-hybridized carbons (Fsp3) is 0.353. The fourth-order valence-electron chi connectivity index (χ4n) is 2.85. The number of nitrogens with zero attached hydrogens (tertiary/aromatic N) is 4. The molecule has 0 saturated heterocycles. The standard InChI is InChI=1S/C17H19ClN4O3/c1-4-9-21-15(23)13-14(20(2)17(21)24)19-16(25-3)22(13)10-11-5-7-12(18)8-6-11/h5-8H,4,9-10H2,1-3H3. The van der Waals surface area contributed by atoms with Gasteiger partial charge in [-0.1, -0.05) is 30.7 Å². The predicted molar refractivity (Wildman–Crippen MR) is 96.6 cm³/mol. The average molecular weight is 363 g/mol. The zero-order valence-electron chi connectivity index (χ0n) is 14.3. The maximum absolute atomic E-state index is 12.9. The highest BCUT2D eigenvalue weighted by Gasteiger charge is 2.20. The molecule has 1 aromatic carbocycles. The van der Waals surface area contributed by atoms with Gasteiger partial charge < -0.3 is 4.74 Å². The van der Waals surface area contributed by atoms with Gasteiger partial charge in [0.2, 0.25) is 0 Å². The summed E-state index contributed by atoms with van der Waals surface area (Å²) in [5, 5.41) is 0.638. The highest BCUT2D eigenvalue weighted by Crippen LogP contribution is 2.20. The molecular formula is C17H19ClN4O3. The van der Waals surface area contributed by atoms with E-state index in [2.05, 4.69) is 4.98 Å². The molecule has 0 aliphatic heterocycles. The Labute approximate surface area is 149 Å². The number of fused-ring (bicyclic) bond motifs is 1. The molecule has 2 aromatic heterocycles. The van der Waals surface area contributed by atoms with Crippen molar-refractivity contribution in [2.24, 2.45) is 7.05 Å². The van der Waals surface area contributed by atoms with Crippen molar-refractivity contribution in [3.63, 3.8) is 0 Å². The summed E-state index contributed by atoms with van der Waals surface area (Å²) < 4.78 is 9.65. The number of ether oxygens (including phenoxy) is 1. The Morgan fingerprint density at radius 2 is 1.84 bits per heavy atom. The van der Waals surface area contributed by atoms with Gasteiger partial charge in [-0.2, -0.15) is 4.98 Å². The number of hydrogen-bond acceptors (Lipinski definition) is 4. The smallest absolute Gasteiger partial charge is 0.332 e. The van der Waals surface area contributed by atoms with Crippen LogP contribution >= 0.6 is 11.6 Å². The van der Waals surface area contributed by atoms with E-state index in [4.69, 9.17) is 16.3 Å². The molecule has 0 radical (unpaired) electrons. The summed E-state index contributed by atoms with van der Waals surface area (Å²) in [6, 6.07) is 7.60. The van der Waals surface area contributed by atoms with Crippen LogP contribution in [0.2, 0.25) is 5.02 Å². The average Bonchev–Trinajstić information content (AvgIpc) is 2.97. The van der Waals surface area contributed by atoms with E-state index < -0.39 is 0 Å². The van der Waals surface area contributed by atoms with E-state index in [1.165, 1.54) is 16.2 Å². The van der Waals surface area contributed by atoms with Crippen LogP contribution in [-0.4, -0.2) is 25.8 Å². The molecule has 0 amide bonds. The Morgan fingerprint density at radius 1 is 1.16 bits per heavy atom. The molecule has 0 bridgehead atoms. The fourth-order valence-corrected chi connectivity index (χ4v) is 2.97. The first-order chi connectivity index (χ1) is 12.0. The van der Waals surface area contributed by atoms with E-state index in [0.717, 1.165) is 5.56 Å². The van der Waals surface area contributed by atoms with Gasteiger partial charge in [-0.3, -0.25) is 18.5 Å². The van der Waals surface area contributed by atoms with Gasteiger partial charge in [0.1, 0.15) is 0 Å². The van der Waals surface area contributed by atoms with Gasteiger partial charge in [0.25, 0.3) is 11.6 Å². The molecule has 2 heterocycles. The minimum absolute atomic E-state index is 0.284. The van der Waals surface area contributed by atoms with Gasteiger partial charge in [-0.15, -0.1) is 0 Å². The maximum atomic E-state index is 12.9. The predicted octanol–water partition coefficient (Wildman–Crippen LogP) is 2.02. The Morgan fingerprint density at radius 3 is 2.44 bits per heavy atom. The molecule has 0 aliphatic carbocycles. The molecule has 3 rings (SSSR count). The molecule has 0 saturated carbocycles. The van der Waals surface area contributed by atoms with E-state index >= 15 is 0 Å². The Bertz CT molecular complexity index is 1030. The second-order valence-electron chi connectivity index (χ2n) is 5.78. The number of halogens is 1. The van der Waals surface area contributed by atoms with Crippen LogP contribution in [-0.2, 0) is 20.1 Å². The first-order valence-electron chi connectivity index (χ1n) is 7.96. The van der Waals surface area contributed by atoms with E-state index in [9.17, 15) is 9.59 Å². The van der Waals surface area contributed by atoms with E-state index in [0.29, 0.717) is 35.7 Å². The third-order valence-corrected chi connectivity index (χ3v) is 4.33. The third kappa shape index (κ3) is 2.95. The van der Waals surface area contributed by atoms with Crippen LogP contribution < -0.4 is 16.0 Å².